The minimum absolute atomic E-state index is 0.171. The van der Waals surface area contributed by atoms with Gasteiger partial charge in [-0.3, -0.25) is 0 Å². The average molecular weight is 460 g/mol. The van der Waals surface area contributed by atoms with E-state index < -0.39 is 17.5 Å². The van der Waals surface area contributed by atoms with Crippen LogP contribution in [0.5, 0.6) is 11.5 Å². The van der Waals surface area contributed by atoms with Crippen LogP contribution >= 0.6 is 0 Å². The lowest BCUT2D eigenvalue weighted by atomic mass is 9.97. The van der Waals surface area contributed by atoms with Crippen molar-refractivity contribution in [2.24, 2.45) is 0 Å². The van der Waals surface area contributed by atoms with Crippen LogP contribution in [0.1, 0.15) is 18.1 Å². The van der Waals surface area contributed by atoms with Gasteiger partial charge in [-0.2, -0.15) is 0 Å². The first kappa shape index (κ1) is 23.2. The second kappa shape index (κ2) is 10.3. The van der Waals surface area contributed by atoms with Crippen LogP contribution in [0.25, 0.3) is 28.3 Å². The highest BCUT2D eigenvalue weighted by atomic mass is 19.2. The molecule has 4 rings (SSSR count). The normalized spacial score (nSPS) is 10.7. The highest BCUT2D eigenvalue weighted by Gasteiger charge is 2.16. The van der Waals surface area contributed by atoms with E-state index in [9.17, 15) is 13.2 Å². The number of hydrogen-bond acceptors (Lipinski definition) is 2. The Bertz CT molecular complexity index is 1300. The summed E-state index contributed by atoms with van der Waals surface area (Å²) in [6.45, 7) is 6.05. The summed E-state index contributed by atoms with van der Waals surface area (Å²) >= 11 is 0. The maximum atomic E-state index is 14.9. The Morgan fingerprint density at radius 3 is 1.85 bits per heavy atom. The van der Waals surface area contributed by atoms with Gasteiger partial charge in [0.2, 0.25) is 0 Å². The van der Waals surface area contributed by atoms with Crippen LogP contribution in [0, 0.1) is 17.5 Å². The van der Waals surface area contributed by atoms with Crippen molar-refractivity contribution in [1.82, 2.24) is 0 Å². The minimum atomic E-state index is -0.904. The topological polar surface area (TPSA) is 18.5 Å². The van der Waals surface area contributed by atoms with Crippen LogP contribution in [-0.2, 0) is 6.61 Å². The fraction of sp³-hybridized carbons (Fsp3) is 0.103. The molecule has 0 saturated heterocycles. The van der Waals surface area contributed by atoms with Gasteiger partial charge in [-0.25, -0.2) is 13.2 Å². The van der Waals surface area contributed by atoms with Crippen molar-refractivity contribution in [2.75, 3.05) is 6.61 Å². The average Bonchev–Trinajstić information content (AvgIpc) is 2.86. The Morgan fingerprint density at radius 1 is 0.735 bits per heavy atom. The Balaban J connectivity index is 1.48. The van der Waals surface area contributed by atoms with E-state index in [1.807, 2.05) is 0 Å². The molecule has 4 aromatic carbocycles. The number of rotatable bonds is 8. The summed E-state index contributed by atoms with van der Waals surface area (Å²) in [6, 6.07) is 21.6. The quantitative estimate of drug-likeness (QED) is 0.265. The summed E-state index contributed by atoms with van der Waals surface area (Å²) in [5, 5.41) is 0. The van der Waals surface area contributed by atoms with Gasteiger partial charge in [-0.1, -0.05) is 73.3 Å². The van der Waals surface area contributed by atoms with Crippen molar-refractivity contribution in [3.05, 3.63) is 114 Å². The predicted octanol–water partition coefficient (Wildman–Crippen LogP) is 8.06. The summed E-state index contributed by atoms with van der Waals surface area (Å²) in [4.78, 5) is 0. The van der Waals surface area contributed by atoms with E-state index in [-0.39, 0.29) is 23.5 Å². The van der Waals surface area contributed by atoms with Crippen molar-refractivity contribution < 1.29 is 22.6 Å². The van der Waals surface area contributed by atoms with Gasteiger partial charge in [0.25, 0.3) is 0 Å². The summed E-state index contributed by atoms with van der Waals surface area (Å²) in [6.07, 6.45) is 1.69. The van der Waals surface area contributed by atoms with E-state index in [4.69, 9.17) is 9.47 Å². The Hall–Kier alpha value is -3.99. The molecule has 0 heterocycles. The molecule has 0 aliphatic carbocycles. The number of halogens is 3. The molecule has 0 N–H and O–H groups in total. The maximum absolute atomic E-state index is 14.9. The van der Waals surface area contributed by atoms with E-state index in [1.165, 1.54) is 12.1 Å². The van der Waals surface area contributed by atoms with E-state index >= 15 is 0 Å². The van der Waals surface area contributed by atoms with Gasteiger partial charge in [0.15, 0.2) is 23.2 Å². The maximum Gasteiger partial charge on any atom is 0.168 e. The van der Waals surface area contributed by atoms with Gasteiger partial charge in [0, 0.05) is 17.2 Å². The molecule has 0 aliphatic heterocycles. The van der Waals surface area contributed by atoms with Gasteiger partial charge in [-0.15, -0.1) is 0 Å². The summed E-state index contributed by atoms with van der Waals surface area (Å²) in [5.74, 6) is -1.75. The van der Waals surface area contributed by atoms with Gasteiger partial charge in [0.1, 0.15) is 12.4 Å². The van der Waals surface area contributed by atoms with Crippen LogP contribution in [0.15, 0.2) is 85.4 Å². The zero-order chi connectivity index (χ0) is 24.1. The first-order valence-corrected chi connectivity index (χ1v) is 10.9. The first-order valence-electron chi connectivity index (χ1n) is 10.9. The van der Waals surface area contributed by atoms with E-state index in [0.717, 1.165) is 11.1 Å². The Labute approximate surface area is 196 Å². The molecule has 0 aromatic heterocycles. The third-order valence-electron chi connectivity index (χ3n) is 5.41. The van der Waals surface area contributed by atoms with E-state index in [2.05, 4.69) is 6.58 Å². The summed E-state index contributed by atoms with van der Waals surface area (Å²) < 4.78 is 54.6. The molecule has 0 atom stereocenters. The fourth-order valence-electron chi connectivity index (χ4n) is 3.59. The van der Waals surface area contributed by atoms with Crippen LogP contribution in [0.4, 0.5) is 13.2 Å². The largest absolute Gasteiger partial charge is 0.491 e. The Kier molecular flexibility index (Phi) is 7.02. The molecule has 2 nitrogen and oxygen atoms in total. The molecule has 4 aromatic rings. The molecule has 0 radical (unpaired) electrons. The zero-order valence-electron chi connectivity index (χ0n) is 18.7. The molecule has 0 saturated carbocycles. The lowest BCUT2D eigenvalue weighted by Crippen LogP contribution is -1.98. The molecule has 172 valence electrons. The molecule has 5 heteroatoms. The van der Waals surface area contributed by atoms with Crippen LogP contribution < -0.4 is 9.47 Å². The van der Waals surface area contributed by atoms with Crippen molar-refractivity contribution in [1.29, 1.82) is 0 Å². The molecule has 0 fully saturated rings. The fourth-order valence-corrected chi connectivity index (χ4v) is 3.59. The van der Waals surface area contributed by atoms with Crippen LogP contribution in [0.3, 0.4) is 0 Å². The zero-order valence-corrected chi connectivity index (χ0v) is 18.7. The first-order chi connectivity index (χ1) is 16.5. The van der Waals surface area contributed by atoms with Crippen molar-refractivity contribution >= 4 is 6.08 Å². The molecular weight excluding hydrogens is 437 g/mol. The Morgan fingerprint density at radius 2 is 1.32 bits per heavy atom. The van der Waals surface area contributed by atoms with Crippen molar-refractivity contribution in [2.45, 2.75) is 13.5 Å². The van der Waals surface area contributed by atoms with Gasteiger partial charge >= 0.3 is 0 Å². The molecular formula is C29H23F3O2. The van der Waals surface area contributed by atoms with E-state index in [1.54, 1.807) is 79.7 Å². The van der Waals surface area contributed by atoms with Gasteiger partial charge in [0.05, 0.1) is 6.61 Å². The molecule has 0 amide bonds. The molecule has 0 aliphatic rings. The minimum Gasteiger partial charge on any atom is -0.491 e. The second-order valence-electron chi connectivity index (χ2n) is 7.63. The monoisotopic (exact) mass is 460 g/mol. The lowest BCUT2D eigenvalue weighted by Gasteiger charge is -2.11. The van der Waals surface area contributed by atoms with Gasteiger partial charge in [-0.05, 0) is 41.3 Å². The number of benzene rings is 4. The highest BCUT2D eigenvalue weighted by Crippen LogP contribution is 2.32. The van der Waals surface area contributed by atoms with Crippen molar-refractivity contribution in [3.8, 4) is 33.8 Å². The molecule has 0 spiro atoms. The third-order valence-corrected chi connectivity index (χ3v) is 5.41. The molecule has 34 heavy (non-hydrogen) atoms. The SMILES string of the molecule is C=Cc1ccc(-c2ccc(-c3ccc(COc4ccc(OCC)c(F)c4)cc3)c(F)c2F)cc1. The second-order valence-corrected chi connectivity index (χ2v) is 7.63. The van der Waals surface area contributed by atoms with Gasteiger partial charge < -0.3 is 9.47 Å². The molecule has 0 bridgehead atoms. The predicted molar refractivity (Wildman–Crippen MR) is 129 cm³/mol. The number of ether oxygens (including phenoxy) is 2. The number of hydrogen-bond donors (Lipinski definition) is 0. The standard InChI is InChI=1S/C29H23F3O2/c1-3-19-5-9-21(10-6-19)24-14-15-25(29(32)28(24)31)22-11-7-20(8-12-22)18-34-23-13-16-27(33-4-2)26(30)17-23/h3,5-17H,1,4,18H2,2H3. The molecule has 0 unspecified atom stereocenters. The van der Waals surface area contributed by atoms with Crippen LogP contribution in [0.2, 0.25) is 0 Å². The highest BCUT2D eigenvalue weighted by molar-refractivity contribution is 5.72. The van der Waals surface area contributed by atoms with E-state index in [0.29, 0.717) is 23.5 Å². The summed E-state index contributed by atoms with van der Waals surface area (Å²) in [5.41, 5.74) is 3.21. The smallest absolute Gasteiger partial charge is 0.168 e. The lowest BCUT2D eigenvalue weighted by molar-refractivity contribution is 0.297. The van der Waals surface area contributed by atoms with Crippen molar-refractivity contribution in [3.63, 3.8) is 0 Å². The third kappa shape index (κ3) is 4.99. The summed E-state index contributed by atoms with van der Waals surface area (Å²) in [7, 11) is 0. The van der Waals surface area contributed by atoms with Crippen LogP contribution in [-0.4, -0.2) is 6.61 Å².